The molecular weight excluding hydrogens is 552 g/mol. The summed E-state index contributed by atoms with van der Waals surface area (Å²) in [6.45, 7) is 9.30. The molecule has 0 amide bonds. The van der Waals surface area contributed by atoms with Gasteiger partial charge >= 0.3 is 11.9 Å². The second-order valence-electron chi connectivity index (χ2n) is 11.7. The van der Waals surface area contributed by atoms with Gasteiger partial charge in [-0.3, -0.25) is 0 Å². The smallest absolute Gasteiger partial charge is 0.334 e. The number of esters is 2. The van der Waals surface area contributed by atoms with Gasteiger partial charge in [0.1, 0.15) is 37.1 Å². The van der Waals surface area contributed by atoms with Gasteiger partial charge in [-0.15, -0.1) is 0 Å². The lowest BCUT2D eigenvalue weighted by atomic mass is 9.78. The first-order valence-electron chi connectivity index (χ1n) is 13.8. The lowest BCUT2D eigenvalue weighted by Crippen LogP contribution is -2.60. The maximum absolute atomic E-state index is 12.3. The Morgan fingerprint density at radius 1 is 1.14 bits per heavy atom. The third-order valence-corrected chi connectivity index (χ3v) is 8.98. The molecule has 2 saturated heterocycles. The molecule has 4 fully saturated rings. The quantitative estimate of drug-likeness (QED) is 0.118. The molecule has 12 heteroatoms. The number of aliphatic hydroxyl groups excluding tert-OH is 3. The van der Waals surface area contributed by atoms with E-state index in [9.17, 15) is 40.2 Å². The molecule has 2 aliphatic heterocycles. The van der Waals surface area contributed by atoms with Crippen molar-refractivity contribution in [2.24, 2.45) is 17.8 Å². The van der Waals surface area contributed by atoms with Gasteiger partial charge in [-0.05, 0) is 55.5 Å². The molecule has 6 N–H and O–H groups in total. The van der Waals surface area contributed by atoms with Crippen LogP contribution in [0.3, 0.4) is 0 Å². The summed E-state index contributed by atoms with van der Waals surface area (Å²) in [6, 6.07) is 3.97. The summed E-state index contributed by atoms with van der Waals surface area (Å²) >= 11 is 0. The number of rotatable bonds is 6. The van der Waals surface area contributed by atoms with Crippen molar-refractivity contribution in [2.75, 3.05) is 6.61 Å². The van der Waals surface area contributed by atoms with Crippen molar-refractivity contribution in [3.8, 4) is 11.5 Å². The predicted octanol–water partition coefficient (Wildman–Crippen LogP) is 0.682. The number of carbonyl (C=O) groups excluding carboxylic acids is 2. The number of carbonyl (C=O) groups is 2. The third-order valence-electron chi connectivity index (χ3n) is 8.98. The Labute approximate surface area is 242 Å². The van der Waals surface area contributed by atoms with Crippen LogP contribution in [0.25, 0.3) is 6.08 Å². The van der Waals surface area contributed by atoms with Gasteiger partial charge in [0.25, 0.3) is 0 Å². The van der Waals surface area contributed by atoms with Crippen LogP contribution in [0.2, 0.25) is 0 Å². The summed E-state index contributed by atoms with van der Waals surface area (Å²) in [6.07, 6.45) is -5.29. The normalized spacial score (nSPS) is 40.0. The van der Waals surface area contributed by atoms with Gasteiger partial charge in [0.2, 0.25) is 0 Å². The maximum Gasteiger partial charge on any atom is 0.334 e. The summed E-state index contributed by atoms with van der Waals surface area (Å²) in [5.41, 5.74) is 0.209. The fourth-order valence-electron chi connectivity index (χ4n) is 6.50. The van der Waals surface area contributed by atoms with Crippen molar-refractivity contribution in [3.63, 3.8) is 0 Å². The van der Waals surface area contributed by atoms with E-state index in [0.717, 1.165) is 6.08 Å². The number of hydrogen-bond acceptors (Lipinski definition) is 12. The van der Waals surface area contributed by atoms with Gasteiger partial charge < -0.3 is 49.6 Å². The number of benzene rings is 1. The molecule has 0 bridgehead atoms. The maximum atomic E-state index is 12.3. The Balaban J connectivity index is 1.24. The number of ether oxygens (including phenoxy) is 4. The van der Waals surface area contributed by atoms with E-state index in [0.29, 0.717) is 29.6 Å². The van der Waals surface area contributed by atoms with Crippen molar-refractivity contribution in [3.05, 3.63) is 54.1 Å². The fraction of sp³-hybridized carbons (Fsp3) is 0.533. The minimum absolute atomic E-state index is 0.268. The van der Waals surface area contributed by atoms with Crippen LogP contribution in [0, 0.1) is 17.8 Å². The number of aliphatic hydroxyl groups is 4. The SMILES string of the molecule is C=C1C(=O)OC2C1CCC(C)(O)C1CC(OC3OC(COC(=O)C=Cc4ccc(O)c(O)c4)C(O)C(O)C3O)C(=C)C21. The molecule has 0 aromatic heterocycles. The van der Waals surface area contributed by atoms with E-state index in [4.69, 9.17) is 18.9 Å². The van der Waals surface area contributed by atoms with E-state index in [1.165, 1.54) is 24.3 Å². The molecule has 4 aliphatic rings. The first kappa shape index (κ1) is 30.2. The van der Waals surface area contributed by atoms with Gasteiger partial charge in [0.05, 0.1) is 11.7 Å². The second-order valence-corrected chi connectivity index (χ2v) is 11.7. The predicted molar refractivity (Wildman–Crippen MR) is 144 cm³/mol. The molecule has 42 heavy (non-hydrogen) atoms. The highest BCUT2D eigenvalue weighted by molar-refractivity contribution is 5.91. The zero-order valence-electron chi connectivity index (χ0n) is 23.0. The van der Waals surface area contributed by atoms with Gasteiger partial charge in [0.15, 0.2) is 17.8 Å². The van der Waals surface area contributed by atoms with Crippen molar-refractivity contribution in [2.45, 2.75) is 74.7 Å². The average molecular weight is 589 g/mol. The summed E-state index contributed by atoms with van der Waals surface area (Å²) in [4.78, 5) is 24.6. The highest BCUT2D eigenvalue weighted by Crippen LogP contribution is 2.54. The average Bonchev–Trinajstić information content (AvgIpc) is 3.38. The molecule has 5 rings (SSSR count). The van der Waals surface area contributed by atoms with Gasteiger partial charge in [-0.2, -0.15) is 0 Å². The summed E-state index contributed by atoms with van der Waals surface area (Å²) in [7, 11) is 0. The molecule has 2 heterocycles. The zero-order chi connectivity index (χ0) is 30.5. The second kappa shape index (κ2) is 11.4. The number of phenols is 2. The highest BCUT2D eigenvalue weighted by Gasteiger charge is 2.58. The number of aromatic hydroxyl groups is 2. The Morgan fingerprint density at radius 3 is 2.60 bits per heavy atom. The van der Waals surface area contributed by atoms with E-state index < -0.39 is 73.0 Å². The summed E-state index contributed by atoms with van der Waals surface area (Å²) in [5, 5.41) is 61.9. The van der Waals surface area contributed by atoms with E-state index >= 15 is 0 Å². The van der Waals surface area contributed by atoms with Crippen LogP contribution >= 0.6 is 0 Å². The Bertz CT molecular complexity index is 1290. The fourth-order valence-corrected chi connectivity index (χ4v) is 6.50. The zero-order valence-corrected chi connectivity index (χ0v) is 23.0. The molecule has 1 aromatic carbocycles. The molecular formula is C30H36O12. The molecule has 12 nitrogen and oxygen atoms in total. The van der Waals surface area contributed by atoms with Crippen LogP contribution in [0.1, 0.15) is 31.7 Å². The van der Waals surface area contributed by atoms with Crippen LogP contribution in [-0.2, 0) is 28.5 Å². The lowest BCUT2D eigenvalue weighted by molar-refractivity contribution is -0.308. The van der Waals surface area contributed by atoms with Gasteiger partial charge in [-0.25, -0.2) is 9.59 Å². The van der Waals surface area contributed by atoms with Crippen LogP contribution in [0.4, 0.5) is 0 Å². The van der Waals surface area contributed by atoms with Crippen LogP contribution < -0.4 is 0 Å². The minimum atomic E-state index is -1.69. The molecule has 11 unspecified atom stereocenters. The topological polar surface area (TPSA) is 192 Å². The largest absolute Gasteiger partial charge is 0.504 e. The van der Waals surface area contributed by atoms with Gasteiger partial charge in [-0.1, -0.05) is 19.2 Å². The Morgan fingerprint density at radius 2 is 1.88 bits per heavy atom. The Hall–Kier alpha value is -3.26. The highest BCUT2D eigenvalue weighted by atomic mass is 16.7. The molecule has 228 valence electrons. The lowest BCUT2D eigenvalue weighted by Gasteiger charge is -2.41. The first-order valence-corrected chi connectivity index (χ1v) is 13.8. The molecule has 2 saturated carbocycles. The van der Waals surface area contributed by atoms with E-state index in [2.05, 4.69) is 13.2 Å². The molecule has 0 radical (unpaired) electrons. The van der Waals surface area contributed by atoms with Crippen molar-refractivity contribution < 1.29 is 59.2 Å². The molecule has 2 aliphatic carbocycles. The van der Waals surface area contributed by atoms with Crippen molar-refractivity contribution >= 4 is 18.0 Å². The van der Waals surface area contributed by atoms with Gasteiger partial charge in [0, 0.05) is 29.4 Å². The molecule has 1 aromatic rings. The Kier molecular flexibility index (Phi) is 8.23. The van der Waals surface area contributed by atoms with E-state index in [1.807, 2.05) is 0 Å². The number of phenolic OH excluding ortho intramolecular Hbond substituents is 2. The van der Waals surface area contributed by atoms with Crippen molar-refractivity contribution in [1.82, 2.24) is 0 Å². The van der Waals surface area contributed by atoms with Crippen molar-refractivity contribution in [1.29, 1.82) is 0 Å². The summed E-state index contributed by atoms with van der Waals surface area (Å²) in [5.74, 6) is -3.04. The minimum Gasteiger partial charge on any atom is -0.504 e. The van der Waals surface area contributed by atoms with E-state index in [1.54, 1.807) is 6.92 Å². The number of hydrogen-bond donors (Lipinski definition) is 6. The van der Waals surface area contributed by atoms with Crippen LogP contribution in [0.15, 0.2) is 48.6 Å². The van der Waals surface area contributed by atoms with E-state index in [-0.39, 0.29) is 29.8 Å². The standard InChI is InChI=1S/C30H36O12/c1-13-16-8-9-30(3,38)17-11-20(14(2)23(17)27(16)42-28(13)37)40-29-26(36)25(35)24(34)21(41-29)12-39-22(33)7-5-15-4-6-18(31)19(32)10-15/h4-7,10,16-17,20-21,23-27,29,31-32,34-36,38H,1-2,8-9,11-12H2,3H3. The van der Waals surface area contributed by atoms with Crippen LogP contribution in [-0.4, -0.2) is 97.7 Å². The molecule has 0 spiro atoms. The number of fused-ring (bicyclic) bond motifs is 3. The molecule has 11 atom stereocenters. The third kappa shape index (κ3) is 5.58. The van der Waals surface area contributed by atoms with Crippen LogP contribution in [0.5, 0.6) is 11.5 Å². The summed E-state index contributed by atoms with van der Waals surface area (Å²) < 4.78 is 22.6. The monoisotopic (exact) mass is 588 g/mol. The first-order chi connectivity index (χ1) is 19.8.